The summed E-state index contributed by atoms with van der Waals surface area (Å²) in [6.07, 6.45) is -2.26. The number of anilines is 2. The molecule has 5 rings (SSSR count). The van der Waals surface area contributed by atoms with Gasteiger partial charge in [0.15, 0.2) is 5.82 Å². The third kappa shape index (κ3) is 4.64. The highest BCUT2D eigenvalue weighted by Crippen LogP contribution is 2.35. The summed E-state index contributed by atoms with van der Waals surface area (Å²) in [4.78, 5) is 20.6. The highest BCUT2D eigenvalue weighted by molar-refractivity contribution is 5.87. The van der Waals surface area contributed by atoms with E-state index in [0.717, 1.165) is 29.4 Å². The van der Waals surface area contributed by atoms with Crippen LogP contribution in [0.15, 0.2) is 59.5 Å². The number of halogens is 3. The van der Waals surface area contributed by atoms with Gasteiger partial charge >= 0.3 is 11.9 Å². The number of imidazole rings is 1. The van der Waals surface area contributed by atoms with E-state index >= 15 is 0 Å². The number of hydrogen-bond acceptors (Lipinski definition) is 5. The molecule has 7 nitrogen and oxygen atoms in total. The fraction of sp³-hybridized carbons (Fsp3) is 0.357. The van der Waals surface area contributed by atoms with Crippen molar-refractivity contribution in [2.45, 2.75) is 39.0 Å². The lowest BCUT2D eigenvalue weighted by atomic mass is 10.1. The molecule has 0 saturated carbocycles. The number of hydrogen-bond donors (Lipinski definition) is 2. The van der Waals surface area contributed by atoms with Gasteiger partial charge in [-0.2, -0.15) is 13.2 Å². The number of aliphatic hydroxyl groups excluding tert-OH is 1. The second-order valence-corrected chi connectivity index (χ2v) is 9.70. The number of aliphatic hydroxyl groups is 1. The Morgan fingerprint density at radius 1 is 1.08 bits per heavy atom. The molecule has 0 aliphatic carbocycles. The molecule has 1 saturated heterocycles. The van der Waals surface area contributed by atoms with E-state index in [1.54, 1.807) is 16.8 Å². The van der Waals surface area contributed by atoms with Gasteiger partial charge in [-0.15, -0.1) is 0 Å². The number of aromatic nitrogens is 3. The third-order valence-electron chi connectivity index (χ3n) is 7.21. The van der Waals surface area contributed by atoms with Gasteiger partial charge < -0.3 is 15.3 Å². The topological polar surface area (TPSA) is 75.3 Å². The van der Waals surface area contributed by atoms with Crippen molar-refractivity contribution in [1.29, 1.82) is 0 Å². The van der Waals surface area contributed by atoms with E-state index in [-0.39, 0.29) is 37.0 Å². The molecule has 200 valence electrons. The molecule has 10 heteroatoms. The van der Waals surface area contributed by atoms with Crippen LogP contribution in [-0.2, 0) is 12.7 Å². The quantitative estimate of drug-likeness (QED) is 0.365. The molecule has 1 atom stereocenters. The normalized spacial score (nSPS) is 15.9. The Kier molecular flexibility index (Phi) is 6.92. The lowest BCUT2D eigenvalue weighted by molar-refractivity contribution is -0.138. The molecular formula is C28H30F3N5O2. The molecule has 1 aliphatic rings. The number of pyridine rings is 1. The standard InChI is InChI=1S/C28H30F3N5O2/c1-18-6-5-7-19(2)24(18)34-14-11-21(17-34)36-23-10-12-32-26(33-13-15-37)25(23)35(27(36)38)16-20-8-3-4-9-22(20)28(29,30)31/h3-10,12,21,37H,11,13-17H2,1-2H3,(H,32,33)/t21-/m1/s1. The van der Waals surface area contributed by atoms with Gasteiger partial charge in [0.25, 0.3) is 0 Å². The summed E-state index contributed by atoms with van der Waals surface area (Å²) in [7, 11) is 0. The SMILES string of the molecule is Cc1cccc(C)c1N1CC[C@@H](n2c(=O)n(Cc3ccccc3C(F)(F)F)c3c(NCCO)nccc32)C1. The maximum atomic E-state index is 14.0. The number of aryl methyl sites for hydroxylation is 2. The summed E-state index contributed by atoms with van der Waals surface area (Å²) < 4.78 is 44.4. The van der Waals surface area contributed by atoms with Crippen LogP contribution in [-0.4, -0.2) is 45.5 Å². The zero-order chi connectivity index (χ0) is 27.0. The first-order valence-corrected chi connectivity index (χ1v) is 12.6. The Morgan fingerprint density at radius 2 is 1.82 bits per heavy atom. The molecule has 0 amide bonds. The molecule has 2 N–H and O–H groups in total. The zero-order valence-electron chi connectivity index (χ0n) is 21.3. The molecule has 2 aromatic heterocycles. The maximum absolute atomic E-state index is 14.0. The number of rotatable bonds is 7. The highest BCUT2D eigenvalue weighted by Gasteiger charge is 2.34. The molecule has 0 spiro atoms. The van der Waals surface area contributed by atoms with Crippen molar-refractivity contribution in [3.8, 4) is 0 Å². The monoisotopic (exact) mass is 525 g/mol. The van der Waals surface area contributed by atoms with Crippen molar-refractivity contribution >= 4 is 22.5 Å². The summed E-state index contributed by atoms with van der Waals surface area (Å²) in [6.45, 7) is 5.26. The molecule has 1 aliphatic heterocycles. The smallest absolute Gasteiger partial charge is 0.395 e. The Labute approximate surface area is 218 Å². The number of nitrogens with zero attached hydrogens (tertiary/aromatic N) is 4. The van der Waals surface area contributed by atoms with Crippen LogP contribution in [0.25, 0.3) is 11.0 Å². The van der Waals surface area contributed by atoms with Crippen LogP contribution in [0.5, 0.6) is 0 Å². The first kappa shape index (κ1) is 25.8. The fourth-order valence-corrected chi connectivity index (χ4v) is 5.60. The number of para-hydroxylation sites is 1. The van der Waals surface area contributed by atoms with E-state index in [1.807, 2.05) is 6.07 Å². The summed E-state index contributed by atoms with van der Waals surface area (Å²) in [6, 6.07) is 13.0. The molecule has 0 bridgehead atoms. The number of benzene rings is 2. The summed E-state index contributed by atoms with van der Waals surface area (Å²) >= 11 is 0. The fourth-order valence-electron chi connectivity index (χ4n) is 5.60. The summed E-state index contributed by atoms with van der Waals surface area (Å²) in [5.74, 6) is 0.349. The van der Waals surface area contributed by atoms with Crippen molar-refractivity contribution in [1.82, 2.24) is 14.1 Å². The van der Waals surface area contributed by atoms with E-state index in [9.17, 15) is 23.1 Å². The van der Waals surface area contributed by atoms with E-state index in [2.05, 4.69) is 41.2 Å². The van der Waals surface area contributed by atoms with Crippen molar-refractivity contribution in [2.75, 3.05) is 36.5 Å². The number of fused-ring (bicyclic) bond motifs is 1. The van der Waals surface area contributed by atoms with Crippen LogP contribution in [0.3, 0.4) is 0 Å². The van der Waals surface area contributed by atoms with Crippen LogP contribution >= 0.6 is 0 Å². The van der Waals surface area contributed by atoms with Crippen molar-refractivity contribution in [3.63, 3.8) is 0 Å². The Bertz CT molecular complexity index is 1510. The van der Waals surface area contributed by atoms with Gasteiger partial charge in [0, 0.05) is 31.5 Å². The van der Waals surface area contributed by atoms with Gasteiger partial charge in [-0.25, -0.2) is 9.78 Å². The Balaban J connectivity index is 1.62. The van der Waals surface area contributed by atoms with Gasteiger partial charge in [0.2, 0.25) is 0 Å². The van der Waals surface area contributed by atoms with E-state index in [0.29, 0.717) is 29.8 Å². The van der Waals surface area contributed by atoms with Crippen molar-refractivity contribution in [2.24, 2.45) is 0 Å². The van der Waals surface area contributed by atoms with Gasteiger partial charge in [0.05, 0.1) is 30.3 Å². The molecule has 2 aromatic carbocycles. The minimum absolute atomic E-state index is 0.00157. The van der Waals surface area contributed by atoms with Gasteiger partial charge in [-0.1, -0.05) is 36.4 Å². The van der Waals surface area contributed by atoms with Crippen molar-refractivity contribution < 1.29 is 18.3 Å². The molecule has 0 unspecified atom stereocenters. The van der Waals surface area contributed by atoms with Crippen LogP contribution in [0.4, 0.5) is 24.7 Å². The first-order chi connectivity index (χ1) is 18.2. The highest BCUT2D eigenvalue weighted by atomic mass is 19.4. The lowest BCUT2D eigenvalue weighted by Gasteiger charge is -2.23. The second-order valence-electron chi connectivity index (χ2n) is 9.70. The zero-order valence-corrected chi connectivity index (χ0v) is 21.3. The molecule has 3 heterocycles. The predicted octanol–water partition coefficient (Wildman–Crippen LogP) is 4.74. The minimum atomic E-state index is -4.55. The molecule has 4 aromatic rings. The molecular weight excluding hydrogens is 495 g/mol. The van der Waals surface area contributed by atoms with Crippen LogP contribution in [0.2, 0.25) is 0 Å². The van der Waals surface area contributed by atoms with E-state index < -0.39 is 11.7 Å². The van der Waals surface area contributed by atoms with Gasteiger partial charge in [0.1, 0.15) is 5.52 Å². The first-order valence-electron chi connectivity index (χ1n) is 12.6. The van der Waals surface area contributed by atoms with Crippen LogP contribution in [0.1, 0.15) is 34.7 Å². The second kappa shape index (κ2) is 10.2. The Hall–Kier alpha value is -3.79. The van der Waals surface area contributed by atoms with Gasteiger partial charge in [-0.3, -0.25) is 9.13 Å². The maximum Gasteiger partial charge on any atom is 0.416 e. The summed E-state index contributed by atoms with van der Waals surface area (Å²) in [5.41, 5.74) is 3.33. The Morgan fingerprint density at radius 3 is 2.53 bits per heavy atom. The number of alkyl halides is 3. The van der Waals surface area contributed by atoms with E-state index in [4.69, 9.17) is 0 Å². The van der Waals surface area contributed by atoms with Crippen LogP contribution in [0, 0.1) is 13.8 Å². The van der Waals surface area contributed by atoms with Gasteiger partial charge in [-0.05, 0) is 49.1 Å². The number of nitrogens with one attached hydrogen (secondary N) is 1. The lowest BCUT2D eigenvalue weighted by Crippen LogP contribution is -2.30. The van der Waals surface area contributed by atoms with Crippen molar-refractivity contribution in [3.05, 3.63) is 87.5 Å². The average molecular weight is 526 g/mol. The molecule has 1 fully saturated rings. The minimum Gasteiger partial charge on any atom is -0.395 e. The summed E-state index contributed by atoms with van der Waals surface area (Å²) in [5, 5.41) is 12.4. The predicted molar refractivity (Wildman–Crippen MR) is 142 cm³/mol. The molecule has 0 radical (unpaired) electrons. The van der Waals surface area contributed by atoms with Crippen LogP contribution < -0.4 is 15.9 Å². The molecule has 38 heavy (non-hydrogen) atoms. The average Bonchev–Trinajstić information content (AvgIpc) is 3.45. The van der Waals surface area contributed by atoms with E-state index in [1.165, 1.54) is 22.8 Å². The largest absolute Gasteiger partial charge is 0.416 e. The third-order valence-corrected chi connectivity index (χ3v) is 7.21.